The van der Waals surface area contributed by atoms with Crippen LogP contribution in [0.5, 0.6) is 0 Å². The topological polar surface area (TPSA) is 38.3 Å². The first-order valence-corrected chi connectivity index (χ1v) is 8.01. The van der Waals surface area contributed by atoms with Crippen molar-refractivity contribution in [2.24, 2.45) is 5.92 Å². The molecule has 0 radical (unpaired) electrons. The quantitative estimate of drug-likeness (QED) is 0.863. The lowest BCUT2D eigenvalue weighted by Crippen LogP contribution is -2.49. The SMILES string of the molecule is CC(C)[C@H]1C=C(c2ccccc2)C[C@@H](C(=O)OC(C)(C)C)N1. The minimum absolute atomic E-state index is 0.167. The lowest BCUT2D eigenvalue weighted by atomic mass is 9.88. The van der Waals surface area contributed by atoms with Gasteiger partial charge < -0.3 is 4.74 Å². The molecule has 0 aromatic heterocycles. The van der Waals surface area contributed by atoms with Crippen LogP contribution in [0.1, 0.15) is 46.6 Å². The highest BCUT2D eigenvalue weighted by Crippen LogP contribution is 2.27. The van der Waals surface area contributed by atoms with Gasteiger partial charge in [-0.05, 0) is 44.2 Å². The van der Waals surface area contributed by atoms with Gasteiger partial charge in [0.1, 0.15) is 11.6 Å². The maximum absolute atomic E-state index is 12.4. The van der Waals surface area contributed by atoms with Crippen LogP contribution in [0, 0.1) is 5.92 Å². The minimum atomic E-state index is -0.458. The number of carbonyl (C=O) groups is 1. The molecular weight excluding hydrogens is 274 g/mol. The second kappa shape index (κ2) is 6.66. The first-order valence-electron chi connectivity index (χ1n) is 8.01. The van der Waals surface area contributed by atoms with Gasteiger partial charge in [0.15, 0.2) is 0 Å². The summed E-state index contributed by atoms with van der Waals surface area (Å²) >= 11 is 0. The van der Waals surface area contributed by atoms with E-state index >= 15 is 0 Å². The molecule has 0 fully saturated rings. The van der Waals surface area contributed by atoms with Gasteiger partial charge in [-0.25, -0.2) is 0 Å². The maximum atomic E-state index is 12.4. The first kappa shape index (κ1) is 16.8. The molecule has 1 aromatic carbocycles. The second-order valence-electron chi connectivity index (χ2n) is 7.28. The van der Waals surface area contributed by atoms with Crippen LogP contribution in [0.25, 0.3) is 5.57 Å². The number of esters is 1. The average molecular weight is 301 g/mol. The fraction of sp³-hybridized carbons (Fsp3) is 0.526. The third-order valence-corrected chi connectivity index (χ3v) is 3.75. The predicted octanol–water partition coefficient (Wildman–Crippen LogP) is 3.80. The summed E-state index contributed by atoms with van der Waals surface area (Å²) in [4.78, 5) is 12.4. The summed E-state index contributed by atoms with van der Waals surface area (Å²) in [5.74, 6) is 0.253. The molecular formula is C19H27NO2. The summed E-state index contributed by atoms with van der Waals surface area (Å²) in [6, 6.07) is 10.2. The molecule has 0 unspecified atom stereocenters. The number of carbonyl (C=O) groups excluding carboxylic acids is 1. The number of benzene rings is 1. The molecule has 120 valence electrons. The Morgan fingerprint density at radius 1 is 1.23 bits per heavy atom. The minimum Gasteiger partial charge on any atom is -0.459 e. The highest BCUT2D eigenvalue weighted by molar-refractivity contribution is 5.81. The van der Waals surface area contributed by atoms with Gasteiger partial charge in [-0.15, -0.1) is 0 Å². The van der Waals surface area contributed by atoms with Crippen LogP contribution in [0.15, 0.2) is 36.4 Å². The first-order chi connectivity index (χ1) is 10.3. The molecule has 2 atom stereocenters. The van der Waals surface area contributed by atoms with Crippen LogP contribution in [0.2, 0.25) is 0 Å². The van der Waals surface area contributed by atoms with Gasteiger partial charge in [0.25, 0.3) is 0 Å². The van der Waals surface area contributed by atoms with Gasteiger partial charge in [-0.3, -0.25) is 10.1 Å². The molecule has 0 saturated heterocycles. The van der Waals surface area contributed by atoms with Crippen molar-refractivity contribution in [1.29, 1.82) is 0 Å². The highest BCUT2D eigenvalue weighted by Gasteiger charge is 2.31. The molecule has 1 aromatic rings. The van der Waals surface area contributed by atoms with Crippen molar-refractivity contribution in [2.75, 3.05) is 0 Å². The van der Waals surface area contributed by atoms with Crippen LogP contribution < -0.4 is 5.32 Å². The Hall–Kier alpha value is -1.61. The molecule has 22 heavy (non-hydrogen) atoms. The van der Waals surface area contributed by atoms with E-state index in [-0.39, 0.29) is 18.1 Å². The van der Waals surface area contributed by atoms with Gasteiger partial charge in [0.2, 0.25) is 0 Å². The van der Waals surface area contributed by atoms with E-state index in [0.717, 1.165) is 0 Å². The average Bonchev–Trinajstić information content (AvgIpc) is 2.46. The lowest BCUT2D eigenvalue weighted by Gasteiger charge is -2.33. The molecule has 1 aliphatic rings. The van der Waals surface area contributed by atoms with Crippen molar-refractivity contribution in [2.45, 2.75) is 58.7 Å². The van der Waals surface area contributed by atoms with Crippen LogP contribution in [0.3, 0.4) is 0 Å². The largest absolute Gasteiger partial charge is 0.459 e. The number of ether oxygens (including phenoxy) is 1. The maximum Gasteiger partial charge on any atom is 0.324 e. The standard InChI is InChI=1S/C19H27NO2/c1-13(2)16-11-15(14-9-7-6-8-10-14)12-17(20-16)18(21)22-19(3,4)5/h6-11,13,16-17,20H,12H2,1-5H3/t16-,17+/m1/s1. The summed E-state index contributed by atoms with van der Waals surface area (Å²) in [6.07, 6.45) is 2.92. The smallest absolute Gasteiger partial charge is 0.324 e. The molecule has 0 spiro atoms. The molecule has 0 saturated carbocycles. The zero-order chi connectivity index (χ0) is 16.3. The van der Waals surface area contributed by atoms with Gasteiger partial charge in [-0.2, -0.15) is 0 Å². The van der Waals surface area contributed by atoms with Crippen LogP contribution in [-0.2, 0) is 9.53 Å². The van der Waals surface area contributed by atoms with E-state index in [2.05, 4.69) is 37.4 Å². The van der Waals surface area contributed by atoms with Crippen molar-refractivity contribution in [1.82, 2.24) is 5.32 Å². The molecule has 1 heterocycles. The molecule has 2 rings (SSSR count). The monoisotopic (exact) mass is 301 g/mol. The summed E-state index contributed by atoms with van der Waals surface area (Å²) in [5, 5.41) is 3.42. The Balaban J connectivity index is 2.22. The molecule has 0 aliphatic carbocycles. The van der Waals surface area contributed by atoms with E-state index in [4.69, 9.17) is 4.74 Å². The summed E-state index contributed by atoms with van der Waals surface area (Å²) < 4.78 is 5.56. The summed E-state index contributed by atoms with van der Waals surface area (Å²) in [7, 11) is 0. The second-order valence-corrected chi connectivity index (χ2v) is 7.28. The van der Waals surface area contributed by atoms with Crippen molar-refractivity contribution in [3.63, 3.8) is 0 Å². The molecule has 0 bridgehead atoms. The van der Waals surface area contributed by atoms with E-state index in [1.807, 2.05) is 39.0 Å². The fourth-order valence-electron chi connectivity index (χ4n) is 2.62. The van der Waals surface area contributed by atoms with Crippen LogP contribution in [-0.4, -0.2) is 23.7 Å². The zero-order valence-corrected chi connectivity index (χ0v) is 14.2. The fourth-order valence-corrected chi connectivity index (χ4v) is 2.62. The number of hydrogen-bond donors (Lipinski definition) is 1. The van der Waals surface area contributed by atoms with Crippen molar-refractivity contribution < 1.29 is 9.53 Å². The van der Waals surface area contributed by atoms with Crippen LogP contribution >= 0.6 is 0 Å². The van der Waals surface area contributed by atoms with Gasteiger partial charge in [0, 0.05) is 6.04 Å². The van der Waals surface area contributed by atoms with Gasteiger partial charge >= 0.3 is 5.97 Å². The summed E-state index contributed by atoms with van der Waals surface area (Å²) in [6.45, 7) is 10.0. The Morgan fingerprint density at radius 3 is 2.41 bits per heavy atom. The van der Waals surface area contributed by atoms with Crippen molar-refractivity contribution in [3.8, 4) is 0 Å². The highest BCUT2D eigenvalue weighted by atomic mass is 16.6. The number of nitrogens with one attached hydrogen (secondary N) is 1. The van der Waals surface area contributed by atoms with E-state index in [1.54, 1.807) is 0 Å². The third kappa shape index (κ3) is 4.44. The van der Waals surface area contributed by atoms with E-state index in [1.165, 1.54) is 11.1 Å². The van der Waals surface area contributed by atoms with Gasteiger partial charge in [-0.1, -0.05) is 50.3 Å². The zero-order valence-electron chi connectivity index (χ0n) is 14.2. The molecule has 3 heteroatoms. The lowest BCUT2D eigenvalue weighted by molar-refractivity contribution is -0.157. The molecule has 3 nitrogen and oxygen atoms in total. The molecule has 0 amide bonds. The molecule has 1 aliphatic heterocycles. The summed E-state index contributed by atoms with van der Waals surface area (Å²) in [5.41, 5.74) is 1.94. The Labute approximate surface area is 133 Å². The van der Waals surface area contributed by atoms with Crippen molar-refractivity contribution >= 4 is 11.5 Å². The number of rotatable bonds is 3. The van der Waals surface area contributed by atoms with Gasteiger partial charge in [0.05, 0.1) is 0 Å². The normalized spacial score (nSPS) is 22.4. The Bertz CT molecular complexity index is 540. The van der Waals surface area contributed by atoms with Crippen molar-refractivity contribution in [3.05, 3.63) is 42.0 Å². The van der Waals surface area contributed by atoms with Crippen LogP contribution in [0.4, 0.5) is 0 Å². The Morgan fingerprint density at radius 2 is 1.86 bits per heavy atom. The van der Waals surface area contributed by atoms with E-state index in [9.17, 15) is 4.79 Å². The van der Waals surface area contributed by atoms with E-state index in [0.29, 0.717) is 12.3 Å². The third-order valence-electron chi connectivity index (χ3n) is 3.75. The number of hydrogen-bond acceptors (Lipinski definition) is 3. The Kier molecular flexibility index (Phi) is 5.07. The predicted molar refractivity (Wildman–Crippen MR) is 90.4 cm³/mol. The molecule has 1 N–H and O–H groups in total. The van der Waals surface area contributed by atoms with E-state index < -0.39 is 5.60 Å².